The van der Waals surface area contributed by atoms with Crippen molar-refractivity contribution in [1.82, 2.24) is 20.2 Å². The Hall–Kier alpha value is -1.75. The number of hydrogen-bond acceptors (Lipinski definition) is 9. The first kappa shape index (κ1) is 19.0. The number of aromatic nitrogens is 2. The van der Waals surface area contributed by atoms with Crippen molar-refractivity contribution in [2.24, 2.45) is 0 Å². The minimum Gasteiger partial charge on any atom is -0.462 e. The average molecular weight is 370 g/mol. The number of halogens is 1. The van der Waals surface area contributed by atoms with E-state index in [2.05, 4.69) is 15.3 Å². The van der Waals surface area contributed by atoms with E-state index >= 15 is 0 Å². The van der Waals surface area contributed by atoms with Crippen molar-refractivity contribution in [3.63, 3.8) is 0 Å². The summed E-state index contributed by atoms with van der Waals surface area (Å²) in [4.78, 5) is 12.3. The van der Waals surface area contributed by atoms with Crippen LogP contribution in [0.25, 0.3) is 0 Å². The second-order valence-electron chi connectivity index (χ2n) is 6.99. The van der Waals surface area contributed by atoms with Crippen LogP contribution in [0.4, 0.5) is 15.9 Å². The SMILES string of the molecule is C[C@H]1CNCCN1c1nc(OC[C@@H]2C[C@@H](F)CN2C)nc(C(O)O)c1N. The molecule has 2 saturated heterocycles. The molecular formula is C16H27FN6O3. The zero-order valence-electron chi connectivity index (χ0n) is 15.1. The number of nitrogens with zero attached hydrogens (tertiary/aromatic N) is 4. The van der Waals surface area contributed by atoms with Crippen LogP contribution in [-0.4, -0.2) is 83.2 Å². The molecule has 1 aromatic rings. The summed E-state index contributed by atoms with van der Waals surface area (Å²) >= 11 is 0. The van der Waals surface area contributed by atoms with Gasteiger partial charge in [-0.05, 0) is 20.4 Å². The van der Waals surface area contributed by atoms with Gasteiger partial charge < -0.3 is 30.9 Å². The number of likely N-dealkylation sites (tertiary alicyclic amines) is 1. The Morgan fingerprint density at radius 2 is 2.19 bits per heavy atom. The van der Waals surface area contributed by atoms with Gasteiger partial charge in [0.05, 0.1) is 0 Å². The van der Waals surface area contributed by atoms with E-state index in [1.807, 2.05) is 23.8 Å². The maximum absolute atomic E-state index is 13.5. The predicted octanol–water partition coefficient (Wildman–Crippen LogP) is -0.739. The van der Waals surface area contributed by atoms with Crippen molar-refractivity contribution < 1.29 is 19.3 Å². The molecule has 9 nitrogen and oxygen atoms in total. The van der Waals surface area contributed by atoms with Crippen molar-refractivity contribution in [1.29, 1.82) is 0 Å². The van der Waals surface area contributed by atoms with Gasteiger partial charge in [-0.15, -0.1) is 0 Å². The molecule has 10 heteroatoms. The quantitative estimate of drug-likeness (QED) is 0.497. The Bertz CT molecular complexity index is 634. The van der Waals surface area contributed by atoms with E-state index in [1.54, 1.807) is 0 Å². The second kappa shape index (κ2) is 7.87. The Kier molecular flexibility index (Phi) is 5.76. The zero-order chi connectivity index (χ0) is 18.8. The molecule has 2 aliphatic rings. The Morgan fingerprint density at radius 1 is 1.42 bits per heavy atom. The number of ether oxygens (including phenoxy) is 1. The minimum absolute atomic E-state index is 0.0127. The van der Waals surface area contributed by atoms with Gasteiger partial charge in [0.25, 0.3) is 0 Å². The summed E-state index contributed by atoms with van der Waals surface area (Å²) in [5.74, 6) is 0.426. The topological polar surface area (TPSA) is 120 Å². The molecular weight excluding hydrogens is 343 g/mol. The van der Waals surface area contributed by atoms with E-state index in [9.17, 15) is 14.6 Å². The summed E-state index contributed by atoms with van der Waals surface area (Å²) in [6.45, 7) is 4.84. The number of aliphatic hydroxyl groups is 2. The van der Waals surface area contributed by atoms with Crippen LogP contribution in [0.2, 0.25) is 0 Å². The first-order valence-electron chi connectivity index (χ1n) is 8.84. The largest absolute Gasteiger partial charge is 0.462 e. The number of rotatable bonds is 5. The fourth-order valence-corrected chi connectivity index (χ4v) is 3.47. The maximum atomic E-state index is 13.5. The summed E-state index contributed by atoms with van der Waals surface area (Å²) in [5, 5.41) is 22.5. The molecule has 0 bridgehead atoms. The molecule has 26 heavy (non-hydrogen) atoms. The summed E-state index contributed by atoms with van der Waals surface area (Å²) < 4.78 is 19.2. The molecule has 146 valence electrons. The van der Waals surface area contributed by atoms with Crippen LogP contribution in [0, 0.1) is 0 Å². The van der Waals surface area contributed by atoms with Gasteiger partial charge in [0.15, 0.2) is 12.1 Å². The first-order chi connectivity index (χ1) is 12.4. The van der Waals surface area contributed by atoms with E-state index in [1.165, 1.54) is 0 Å². The van der Waals surface area contributed by atoms with Gasteiger partial charge in [-0.1, -0.05) is 0 Å². The van der Waals surface area contributed by atoms with Crippen LogP contribution in [0.1, 0.15) is 25.3 Å². The van der Waals surface area contributed by atoms with Gasteiger partial charge in [-0.25, -0.2) is 4.39 Å². The predicted molar refractivity (Wildman–Crippen MR) is 94.7 cm³/mol. The standard InChI is InChI=1S/C16H27FN6O3/c1-9-6-19-3-4-23(9)14-12(18)13(15(24)25)20-16(21-14)26-8-11-5-10(17)7-22(11)2/h9-11,15,19,24-25H,3-8,18H2,1-2H3/t9-,10+,11-/m0/s1. The fourth-order valence-electron chi connectivity index (χ4n) is 3.47. The molecule has 5 N–H and O–H groups in total. The molecule has 1 aromatic heterocycles. The Labute approximate surface area is 152 Å². The average Bonchev–Trinajstić information content (AvgIpc) is 2.92. The van der Waals surface area contributed by atoms with Gasteiger partial charge in [0.1, 0.15) is 24.2 Å². The summed E-state index contributed by atoms with van der Waals surface area (Å²) in [5.41, 5.74) is 6.13. The van der Waals surface area contributed by atoms with Crippen molar-refractivity contribution in [3.05, 3.63) is 5.69 Å². The van der Waals surface area contributed by atoms with E-state index in [-0.39, 0.29) is 36.1 Å². The Morgan fingerprint density at radius 3 is 2.81 bits per heavy atom. The summed E-state index contributed by atoms with van der Waals surface area (Å²) in [7, 11) is 1.84. The molecule has 2 aliphatic heterocycles. The third-order valence-corrected chi connectivity index (χ3v) is 4.99. The highest BCUT2D eigenvalue weighted by atomic mass is 19.1. The third kappa shape index (κ3) is 3.98. The van der Waals surface area contributed by atoms with Crippen LogP contribution < -0.4 is 20.7 Å². The molecule has 3 atom stereocenters. The van der Waals surface area contributed by atoms with Crippen LogP contribution in [0.5, 0.6) is 6.01 Å². The maximum Gasteiger partial charge on any atom is 0.318 e. The molecule has 0 aromatic carbocycles. The monoisotopic (exact) mass is 370 g/mol. The zero-order valence-corrected chi connectivity index (χ0v) is 15.1. The number of nitrogens with one attached hydrogen (secondary N) is 1. The van der Waals surface area contributed by atoms with Crippen LogP contribution in [-0.2, 0) is 0 Å². The highest BCUT2D eigenvalue weighted by Gasteiger charge is 2.31. The molecule has 0 spiro atoms. The number of nitrogens with two attached hydrogens (primary N) is 1. The lowest BCUT2D eigenvalue weighted by atomic mass is 10.2. The first-order valence-corrected chi connectivity index (χ1v) is 8.84. The number of piperazine rings is 1. The van der Waals surface area contributed by atoms with Crippen LogP contribution >= 0.6 is 0 Å². The number of nitrogen functional groups attached to an aromatic ring is 1. The number of alkyl halides is 1. The second-order valence-corrected chi connectivity index (χ2v) is 6.99. The number of anilines is 2. The van der Waals surface area contributed by atoms with E-state index in [0.29, 0.717) is 25.3 Å². The van der Waals surface area contributed by atoms with Crippen LogP contribution in [0.15, 0.2) is 0 Å². The highest BCUT2D eigenvalue weighted by molar-refractivity contribution is 5.66. The van der Waals surface area contributed by atoms with Crippen molar-refractivity contribution in [2.75, 3.05) is 50.5 Å². The van der Waals surface area contributed by atoms with Gasteiger partial charge in [-0.2, -0.15) is 9.97 Å². The van der Waals surface area contributed by atoms with E-state index in [4.69, 9.17) is 10.5 Å². The molecule has 0 amide bonds. The molecule has 3 rings (SSSR count). The van der Waals surface area contributed by atoms with Crippen molar-refractivity contribution >= 4 is 11.5 Å². The lowest BCUT2D eigenvalue weighted by molar-refractivity contribution is -0.0456. The van der Waals surface area contributed by atoms with E-state index in [0.717, 1.165) is 13.1 Å². The molecule has 0 radical (unpaired) electrons. The van der Waals surface area contributed by atoms with Crippen molar-refractivity contribution in [3.8, 4) is 6.01 Å². The summed E-state index contributed by atoms with van der Waals surface area (Å²) in [6.07, 6.45) is -2.31. The number of likely N-dealkylation sites (N-methyl/N-ethyl adjacent to an activating group) is 1. The normalized spacial score (nSPS) is 27.3. The highest BCUT2D eigenvalue weighted by Crippen LogP contribution is 2.31. The van der Waals surface area contributed by atoms with E-state index < -0.39 is 12.5 Å². The van der Waals surface area contributed by atoms with Gasteiger partial charge in [-0.3, -0.25) is 4.90 Å². The van der Waals surface area contributed by atoms with Crippen LogP contribution in [0.3, 0.4) is 0 Å². The fraction of sp³-hybridized carbons (Fsp3) is 0.750. The van der Waals surface area contributed by atoms with Gasteiger partial charge in [0.2, 0.25) is 0 Å². The number of aliphatic hydroxyl groups excluding tert-OH is 1. The molecule has 2 fully saturated rings. The van der Waals surface area contributed by atoms with Gasteiger partial charge >= 0.3 is 6.01 Å². The lowest BCUT2D eigenvalue weighted by Gasteiger charge is -2.35. The molecule has 0 unspecified atom stereocenters. The molecule has 3 heterocycles. The lowest BCUT2D eigenvalue weighted by Crippen LogP contribution is -2.50. The smallest absolute Gasteiger partial charge is 0.318 e. The third-order valence-electron chi connectivity index (χ3n) is 4.99. The molecule has 0 aliphatic carbocycles. The van der Waals surface area contributed by atoms with Crippen molar-refractivity contribution in [2.45, 2.75) is 37.9 Å². The van der Waals surface area contributed by atoms with Gasteiger partial charge in [0, 0.05) is 38.3 Å². The Balaban J connectivity index is 1.83. The summed E-state index contributed by atoms with van der Waals surface area (Å²) in [6, 6.07) is 0.0692. The number of hydrogen-bond donors (Lipinski definition) is 4. The minimum atomic E-state index is -1.83. The molecule has 0 saturated carbocycles.